The van der Waals surface area contributed by atoms with Gasteiger partial charge in [0, 0.05) is 12.6 Å². The molecule has 0 aromatic heterocycles. The number of carboxylic acids is 1. The second-order valence-electron chi connectivity index (χ2n) is 4.65. The molecule has 0 saturated carbocycles. The van der Waals surface area contributed by atoms with Crippen LogP contribution < -0.4 is 5.32 Å². The van der Waals surface area contributed by atoms with E-state index in [-0.39, 0.29) is 12.5 Å². The number of aliphatic hydroxyl groups excluding tert-OH is 1. The highest BCUT2D eigenvalue weighted by Gasteiger charge is 2.18. The zero-order valence-corrected chi connectivity index (χ0v) is 11.6. The number of hydrogen-bond acceptors (Lipinski definition) is 3. The van der Waals surface area contributed by atoms with Crippen molar-refractivity contribution >= 4 is 5.97 Å². The van der Waals surface area contributed by atoms with Crippen LogP contribution in [0.4, 0.5) is 0 Å². The smallest absolute Gasteiger partial charge is 0.304 e. The van der Waals surface area contributed by atoms with Gasteiger partial charge in [-0.15, -0.1) is 0 Å². The fourth-order valence-electron chi connectivity index (χ4n) is 2.03. The normalized spacial score (nSPS) is 14.1. The third kappa shape index (κ3) is 5.01. The molecule has 0 amide bonds. The van der Waals surface area contributed by atoms with Crippen LogP contribution in [-0.4, -0.2) is 28.8 Å². The summed E-state index contributed by atoms with van der Waals surface area (Å²) in [4.78, 5) is 10.5. The Bertz CT molecular complexity index is 389. The Morgan fingerprint density at radius 1 is 1.26 bits per heavy atom. The van der Waals surface area contributed by atoms with Gasteiger partial charge in [-0.3, -0.25) is 4.79 Å². The standard InChI is InChI=1S/C15H23NO3/c1-3-11-5-7-12(8-6-11)15(19)13(4-2)16-10-9-14(17)18/h5-8,13,15-16,19H,3-4,9-10H2,1-2H3,(H,17,18). The maximum Gasteiger partial charge on any atom is 0.304 e. The van der Waals surface area contributed by atoms with Crippen LogP contribution in [-0.2, 0) is 11.2 Å². The van der Waals surface area contributed by atoms with Gasteiger partial charge in [0.15, 0.2) is 0 Å². The average molecular weight is 265 g/mol. The van der Waals surface area contributed by atoms with Gasteiger partial charge < -0.3 is 15.5 Å². The number of carboxylic acid groups (broad SMARTS) is 1. The van der Waals surface area contributed by atoms with E-state index >= 15 is 0 Å². The third-order valence-corrected chi connectivity index (χ3v) is 3.30. The van der Waals surface area contributed by atoms with Crippen molar-refractivity contribution in [1.82, 2.24) is 5.32 Å². The number of nitrogens with one attached hydrogen (secondary N) is 1. The van der Waals surface area contributed by atoms with E-state index in [0.29, 0.717) is 6.54 Å². The third-order valence-electron chi connectivity index (χ3n) is 3.30. The van der Waals surface area contributed by atoms with Crippen molar-refractivity contribution in [3.05, 3.63) is 35.4 Å². The molecule has 1 aromatic carbocycles. The van der Waals surface area contributed by atoms with Crippen LogP contribution in [0.3, 0.4) is 0 Å². The number of rotatable bonds is 8. The first-order valence-electron chi connectivity index (χ1n) is 6.80. The Kier molecular flexibility index (Phi) is 6.53. The lowest BCUT2D eigenvalue weighted by atomic mass is 9.98. The van der Waals surface area contributed by atoms with Crippen molar-refractivity contribution in [3.63, 3.8) is 0 Å². The average Bonchev–Trinajstić information content (AvgIpc) is 2.43. The van der Waals surface area contributed by atoms with Gasteiger partial charge >= 0.3 is 5.97 Å². The predicted octanol–water partition coefficient (Wildman–Crippen LogP) is 2.13. The molecular formula is C15H23NO3. The van der Waals surface area contributed by atoms with E-state index in [9.17, 15) is 9.90 Å². The molecule has 0 aliphatic carbocycles. The summed E-state index contributed by atoms with van der Waals surface area (Å²) < 4.78 is 0. The Morgan fingerprint density at radius 3 is 2.37 bits per heavy atom. The molecule has 1 rings (SSSR count). The van der Waals surface area contributed by atoms with Gasteiger partial charge in [0.05, 0.1) is 12.5 Å². The molecule has 106 valence electrons. The van der Waals surface area contributed by atoms with Crippen LogP contribution in [0.2, 0.25) is 0 Å². The SMILES string of the molecule is CCc1ccc(C(O)C(CC)NCCC(=O)O)cc1. The molecule has 2 unspecified atom stereocenters. The van der Waals surface area contributed by atoms with E-state index in [2.05, 4.69) is 12.2 Å². The predicted molar refractivity (Wildman–Crippen MR) is 75.1 cm³/mol. The molecular weight excluding hydrogens is 242 g/mol. The van der Waals surface area contributed by atoms with Gasteiger partial charge in [-0.25, -0.2) is 0 Å². The van der Waals surface area contributed by atoms with Crippen LogP contribution >= 0.6 is 0 Å². The molecule has 0 aliphatic heterocycles. The molecule has 4 nitrogen and oxygen atoms in total. The number of aliphatic hydroxyl groups is 1. The lowest BCUT2D eigenvalue weighted by molar-refractivity contribution is -0.136. The summed E-state index contributed by atoms with van der Waals surface area (Å²) in [6.07, 6.45) is 1.18. The molecule has 1 aromatic rings. The molecule has 0 bridgehead atoms. The summed E-state index contributed by atoms with van der Waals surface area (Å²) in [6.45, 7) is 4.44. The van der Waals surface area contributed by atoms with E-state index < -0.39 is 12.1 Å². The van der Waals surface area contributed by atoms with E-state index in [1.807, 2.05) is 31.2 Å². The Labute approximate surface area is 114 Å². The summed E-state index contributed by atoms with van der Waals surface area (Å²) in [5, 5.41) is 22.0. The number of benzene rings is 1. The zero-order valence-electron chi connectivity index (χ0n) is 11.6. The molecule has 4 heteroatoms. The van der Waals surface area contributed by atoms with Crippen molar-refractivity contribution in [3.8, 4) is 0 Å². The molecule has 0 spiro atoms. The quantitative estimate of drug-likeness (QED) is 0.673. The number of aliphatic carboxylic acids is 1. The van der Waals surface area contributed by atoms with Crippen molar-refractivity contribution in [2.24, 2.45) is 0 Å². The summed E-state index contributed by atoms with van der Waals surface area (Å²) in [7, 11) is 0. The largest absolute Gasteiger partial charge is 0.481 e. The minimum absolute atomic E-state index is 0.0675. The van der Waals surface area contributed by atoms with Gasteiger partial charge in [-0.05, 0) is 24.0 Å². The maximum atomic E-state index is 10.5. The van der Waals surface area contributed by atoms with Crippen molar-refractivity contribution in [2.75, 3.05) is 6.54 Å². The van der Waals surface area contributed by atoms with Crippen LogP contribution in [0, 0.1) is 0 Å². The second-order valence-corrected chi connectivity index (χ2v) is 4.65. The molecule has 0 saturated heterocycles. The van der Waals surface area contributed by atoms with E-state index in [1.165, 1.54) is 5.56 Å². The maximum absolute atomic E-state index is 10.5. The molecule has 2 atom stereocenters. The Morgan fingerprint density at radius 2 is 1.89 bits per heavy atom. The first kappa shape index (κ1) is 15.7. The molecule has 0 radical (unpaired) electrons. The van der Waals surface area contributed by atoms with E-state index in [4.69, 9.17) is 5.11 Å². The van der Waals surface area contributed by atoms with Crippen molar-refractivity contribution in [1.29, 1.82) is 0 Å². The van der Waals surface area contributed by atoms with Crippen LogP contribution in [0.25, 0.3) is 0 Å². The molecule has 0 fully saturated rings. The molecule has 0 heterocycles. The van der Waals surface area contributed by atoms with Gasteiger partial charge in [-0.2, -0.15) is 0 Å². The van der Waals surface area contributed by atoms with Crippen LogP contribution in [0.1, 0.15) is 43.9 Å². The van der Waals surface area contributed by atoms with Crippen LogP contribution in [0.5, 0.6) is 0 Å². The minimum Gasteiger partial charge on any atom is -0.481 e. The van der Waals surface area contributed by atoms with Gasteiger partial charge in [0.2, 0.25) is 0 Å². The topological polar surface area (TPSA) is 69.6 Å². The van der Waals surface area contributed by atoms with Gasteiger partial charge in [-0.1, -0.05) is 38.1 Å². The zero-order chi connectivity index (χ0) is 14.3. The second kappa shape index (κ2) is 7.92. The fourth-order valence-corrected chi connectivity index (χ4v) is 2.03. The molecule has 19 heavy (non-hydrogen) atoms. The van der Waals surface area contributed by atoms with Crippen LogP contribution in [0.15, 0.2) is 24.3 Å². The molecule has 0 aliphatic rings. The summed E-state index contributed by atoms with van der Waals surface area (Å²) in [5.74, 6) is -0.829. The first-order chi connectivity index (χ1) is 9.08. The lowest BCUT2D eigenvalue weighted by Crippen LogP contribution is -2.35. The highest BCUT2D eigenvalue weighted by Crippen LogP contribution is 2.19. The minimum atomic E-state index is -0.829. The lowest BCUT2D eigenvalue weighted by Gasteiger charge is -2.23. The van der Waals surface area contributed by atoms with Crippen molar-refractivity contribution < 1.29 is 15.0 Å². The highest BCUT2D eigenvalue weighted by atomic mass is 16.4. The van der Waals surface area contributed by atoms with E-state index in [1.54, 1.807) is 0 Å². The van der Waals surface area contributed by atoms with Gasteiger partial charge in [0.1, 0.15) is 0 Å². The summed E-state index contributed by atoms with van der Waals surface area (Å²) in [6, 6.07) is 7.79. The summed E-state index contributed by atoms with van der Waals surface area (Å²) >= 11 is 0. The fraction of sp³-hybridized carbons (Fsp3) is 0.533. The van der Waals surface area contributed by atoms with E-state index in [0.717, 1.165) is 18.4 Å². The number of hydrogen-bond donors (Lipinski definition) is 3. The highest BCUT2D eigenvalue weighted by molar-refractivity contribution is 5.66. The summed E-state index contributed by atoms with van der Waals surface area (Å²) in [5.41, 5.74) is 2.11. The number of aryl methyl sites for hydroxylation is 1. The molecule has 3 N–H and O–H groups in total. The van der Waals surface area contributed by atoms with Gasteiger partial charge in [0.25, 0.3) is 0 Å². The number of carbonyl (C=O) groups is 1. The Balaban J connectivity index is 2.60. The first-order valence-corrected chi connectivity index (χ1v) is 6.80. The van der Waals surface area contributed by atoms with Crippen molar-refractivity contribution in [2.45, 2.75) is 45.3 Å². The Hall–Kier alpha value is -1.39. The monoisotopic (exact) mass is 265 g/mol.